The zero-order valence-corrected chi connectivity index (χ0v) is 16.2. The molecule has 0 radical (unpaired) electrons. The summed E-state index contributed by atoms with van der Waals surface area (Å²) in [6.45, 7) is 6.77. The molecule has 0 unspecified atom stereocenters. The van der Waals surface area contributed by atoms with Crippen molar-refractivity contribution in [2.45, 2.75) is 46.3 Å². The second-order valence-electron chi connectivity index (χ2n) is 6.12. The first kappa shape index (κ1) is 20.5. The molecule has 0 aliphatic heterocycles. The normalized spacial score (nSPS) is 10.8. The van der Waals surface area contributed by atoms with Crippen LogP contribution in [-0.2, 0) is 13.2 Å². The van der Waals surface area contributed by atoms with Crippen molar-refractivity contribution in [2.75, 3.05) is 13.2 Å². The molecule has 0 saturated heterocycles. The third-order valence-corrected chi connectivity index (χ3v) is 4.34. The van der Waals surface area contributed by atoms with Crippen LogP contribution in [0.1, 0.15) is 44.2 Å². The molecule has 0 aliphatic carbocycles. The largest absolute Gasteiger partial charge is 0.490 e. The van der Waals surface area contributed by atoms with E-state index in [1.54, 1.807) is 6.07 Å². The summed E-state index contributed by atoms with van der Waals surface area (Å²) in [4.78, 5) is 0. The van der Waals surface area contributed by atoms with E-state index in [4.69, 9.17) is 21.1 Å². The van der Waals surface area contributed by atoms with E-state index in [-0.39, 0.29) is 12.4 Å². The maximum atomic E-state index is 13.1. The average molecular weight is 380 g/mol. The van der Waals surface area contributed by atoms with Gasteiger partial charge in [-0.05, 0) is 49.7 Å². The van der Waals surface area contributed by atoms with E-state index in [0.29, 0.717) is 23.1 Å². The molecule has 0 amide bonds. The van der Waals surface area contributed by atoms with Crippen LogP contribution in [0, 0.1) is 5.82 Å². The first-order chi connectivity index (χ1) is 12.6. The maximum absolute atomic E-state index is 13.1. The summed E-state index contributed by atoms with van der Waals surface area (Å²) in [7, 11) is 0. The Morgan fingerprint density at radius 3 is 2.58 bits per heavy atom. The van der Waals surface area contributed by atoms with E-state index >= 15 is 0 Å². The fourth-order valence-corrected chi connectivity index (χ4v) is 2.80. The molecule has 0 spiro atoms. The molecule has 1 N–H and O–H groups in total. The second-order valence-corrected chi connectivity index (χ2v) is 6.53. The summed E-state index contributed by atoms with van der Waals surface area (Å²) in [6.07, 6.45) is 3.66. The second kappa shape index (κ2) is 11.0. The number of hydrogen-bond donors (Lipinski definition) is 1. The summed E-state index contributed by atoms with van der Waals surface area (Å²) < 4.78 is 24.7. The third kappa shape index (κ3) is 6.50. The molecule has 2 aromatic carbocycles. The van der Waals surface area contributed by atoms with Crippen LogP contribution in [0.3, 0.4) is 0 Å². The number of benzene rings is 2. The molecule has 2 aromatic rings. The molecule has 142 valence electrons. The molecule has 0 bridgehead atoms. The molecule has 0 aliphatic rings. The van der Waals surface area contributed by atoms with Gasteiger partial charge in [-0.1, -0.05) is 43.5 Å². The van der Waals surface area contributed by atoms with Crippen LogP contribution in [0.2, 0.25) is 5.02 Å². The fourth-order valence-electron chi connectivity index (χ4n) is 2.58. The highest BCUT2D eigenvalue weighted by atomic mass is 35.5. The van der Waals surface area contributed by atoms with Crippen molar-refractivity contribution in [1.29, 1.82) is 0 Å². The number of nitrogens with one attached hydrogen (secondary N) is 1. The van der Waals surface area contributed by atoms with Crippen LogP contribution >= 0.6 is 11.6 Å². The van der Waals surface area contributed by atoms with Gasteiger partial charge in [-0.15, -0.1) is 0 Å². The number of ether oxygens (including phenoxy) is 2. The smallest absolute Gasteiger partial charge is 0.161 e. The van der Waals surface area contributed by atoms with E-state index in [2.05, 4.69) is 12.2 Å². The van der Waals surface area contributed by atoms with E-state index in [9.17, 15) is 4.39 Å². The molecule has 0 saturated carbocycles. The molecular weight excluding hydrogens is 353 g/mol. The Labute approximate surface area is 160 Å². The molecular formula is C21H27ClFNO2. The first-order valence-electron chi connectivity index (χ1n) is 9.17. The number of hydrogen-bond acceptors (Lipinski definition) is 3. The monoisotopic (exact) mass is 379 g/mol. The van der Waals surface area contributed by atoms with Gasteiger partial charge in [0.25, 0.3) is 0 Å². The highest BCUT2D eigenvalue weighted by Gasteiger charge is 2.09. The quantitative estimate of drug-likeness (QED) is 0.505. The van der Waals surface area contributed by atoms with Crippen LogP contribution in [0.5, 0.6) is 11.5 Å². The van der Waals surface area contributed by atoms with Crippen LogP contribution in [0.15, 0.2) is 36.4 Å². The average Bonchev–Trinajstić information content (AvgIpc) is 2.62. The van der Waals surface area contributed by atoms with Crippen LogP contribution < -0.4 is 14.8 Å². The predicted octanol–water partition coefficient (Wildman–Crippen LogP) is 5.74. The van der Waals surface area contributed by atoms with E-state index in [1.807, 2.05) is 25.1 Å². The molecule has 0 atom stereocenters. The van der Waals surface area contributed by atoms with Gasteiger partial charge >= 0.3 is 0 Å². The van der Waals surface area contributed by atoms with Gasteiger partial charge in [0.05, 0.1) is 11.6 Å². The number of unbranched alkanes of at least 4 members (excludes halogenated alkanes) is 2. The van der Waals surface area contributed by atoms with Gasteiger partial charge in [0.1, 0.15) is 12.4 Å². The SMILES string of the molecule is CCCCCNCc1ccc(OCc2ccc(F)cc2Cl)c(OCC)c1. The summed E-state index contributed by atoms with van der Waals surface area (Å²) in [5.74, 6) is 1.00. The molecule has 3 nitrogen and oxygen atoms in total. The van der Waals surface area contributed by atoms with Gasteiger partial charge in [0.15, 0.2) is 11.5 Å². The van der Waals surface area contributed by atoms with Crippen molar-refractivity contribution in [2.24, 2.45) is 0 Å². The molecule has 0 fully saturated rings. The lowest BCUT2D eigenvalue weighted by Crippen LogP contribution is -2.14. The van der Waals surface area contributed by atoms with Crippen molar-refractivity contribution in [1.82, 2.24) is 5.32 Å². The highest BCUT2D eigenvalue weighted by molar-refractivity contribution is 6.31. The van der Waals surface area contributed by atoms with Crippen molar-refractivity contribution < 1.29 is 13.9 Å². The van der Waals surface area contributed by atoms with Gasteiger partial charge in [-0.25, -0.2) is 4.39 Å². The molecule has 0 heterocycles. The van der Waals surface area contributed by atoms with Crippen LogP contribution in [0.25, 0.3) is 0 Å². The van der Waals surface area contributed by atoms with Gasteiger partial charge in [-0.3, -0.25) is 0 Å². The third-order valence-electron chi connectivity index (χ3n) is 3.99. The van der Waals surface area contributed by atoms with Gasteiger partial charge in [0.2, 0.25) is 0 Å². The summed E-state index contributed by atoms with van der Waals surface area (Å²) >= 11 is 6.06. The van der Waals surface area contributed by atoms with Gasteiger partial charge in [-0.2, -0.15) is 0 Å². The Hall–Kier alpha value is -1.78. The lowest BCUT2D eigenvalue weighted by Gasteiger charge is -2.14. The Morgan fingerprint density at radius 2 is 1.85 bits per heavy atom. The highest BCUT2D eigenvalue weighted by Crippen LogP contribution is 2.30. The molecule has 26 heavy (non-hydrogen) atoms. The van der Waals surface area contributed by atoms with Gasteiger partial charge in [0, 0.05) is 12.1 Å². The maximum Gasteiger partial charge on any atom is 0.161 e. The van der Waals surface area contributed by atoms with Crippen LogP contribution in [0.4, 0.5) is 4.39 Å². The minimum absolute atomic E-state index is 0.258. The summed E-state index contributed by atoms with van der Waals surface area (Å²) in [5, 5.41) is 3.80. The Bertz CT molecular complexity index is 694. The number of halogens is 2. The Balaban J connectivity index is 1.98. The molecule has 2 rings (SSSR count). The minimum Gasteiger partial charge on any atom is -0.490 e. The van der Waals surface area contributed by atoms with Crippen molar-refractivity contribution >= 4 is 11.6 Å². The Morgan fingerprint density at radius 1 is 1.00 bits per heavy atom. The van der Waals surface area contributed by atoms with Crippen LogP contribution in [-0.4, -0.2) is 13.2 Å². The first-order valence-corrected chi connectivity index (χ1v) is 9.55. The zero-order valence-electron chi connectivity index (χ0n) is 15.5. The molecule has 0 aromatic heterocycles. The predicted molar refractivity (Wildman–Crippen MR) is 105 cm³/mol. The minimum atomic E-state index is -0.357. The summed E-state index contributed by atoms with van der Waals surface area (Å²) in [6, 6.07) is 10.2. The zero-order chi connectivity index (χ0) is 18.8. The van der Waals surface area contributed by atoms with Crippen molar-refractivity contribution in [3.8, 4) is 11.5 Å². The lowest BCUT2D eigenvalue weighted by atomic mass is 10.2. The summed E-state index contributed by atoms with van der Waals surface area (Å²) in [5.41, 5.74) is 1.88. The lowest BCUT2D eigenvalue weighted by molar-refractivity contribution is 0.269. The fraction of sp³-hybridized carbons (Fsp3) is 0.429. The van der Waals surface area contributed by atoms with E-state index in [1.165, 1.54) is 31.4 Å². The molecule has 5 heteroatoms. The topological polar surface area (TPSA) is 30.5 Å². The van der Waals surface area contributed by atoms with Crippen molar-refractivity contribution in [3.05, 3.63) is 58.4 Å². The van der Waals surface area contributed by atoms with E-state index in [0.717, 1.165) is 24.2 Å². The standard InChI is InChI=1S/C21H27ClFNO2/c1-3-5-6-11-24-14-16-7-10-20(21(12-16)25-4-2)26-15-17-8-9-18(23)13-19(17)22/h7-10,12-13,24H,3-6,11,14-15H2,1-2H3. The number of rotatable bonds is 11. The van der Waals surface area contributed by atoms with Gasteiger partial charge < -0.3 is 14.8 Å². The Kier molecular flexibility index (Phi) is 8.72. The van der Waals surface area contributed by atoms with E-state index < -0.39 is 0 Å². The van der Waals surface area contributed by atoms with Crippen molar-refractivity contribution in [3.63, 3.8) is 0 Å².